The maximum Gasteiger partial charge on any atom is 0.408 e. The van der Waals surface area contributed by atoms with Crippen LogP contribution < -0.4 is 16.4 Å². The molecule has 0 spiro atoms. The van der Waals surface area contributed by atoms with E-state index in [1.54, 1.807) is 39.8 Å². The number of aromatic nitrogens is 2. The predicted molar refractivity (Wildman–Crippen MR) is 135 cm³/mol. The summed E-state index contributed by atoms with van der Waals surface area (Å²) in [6.07, 6.45) is 0.338. The van der Waals surface area contributed by atoms with Crippen LogP contribution in [-0.4, -0.2) is 51.8 Å². The molecule has 0 saturated carbocycles. The van der Waals surface area contributed by atoms with Gasteiger partial charge in [0.25, 0.3) is 0 Å². The second-order valence-corrected chi connectivity index (χ2v) is 10.0. The van der Waals surface area contributed by atoms with E-state index < -0.39 is 35.7 Å². The van der Waals surface area contributed by atoms with Crippen LogP contribution in [0.15, 0.2) is 18.2 Å². The summed E-state index contributed by atoms with van der Waals surface area (Å²) in [4.78, 5) is 42.8. The SMILES string of the molecule is CCOC(=O)[C@H](CC(C)C)NC(=O)[C@H](CCc1nc2cc(N)ccc2n1C)NC(=O)OC(C)(C)C. The van der Waals surface area contributed by atoms with Crippen molar-refractivity contribution in [2.75, 3.05) is 12.3 Å². The number of amides is 2. The summed E-state index contributed by atoms with van der Waals surface area (Å²) in [6.45, 7) is 11.1. The van der Waals surface area contributed by atoms with Crippen LogP contribution in [0.25, 0.3) is 11.0 Å². The Morgan fingerprint density at radius 3 is 2.43 bits per heavy atom. The van der Waals surface area contributed by atoms with Gasteiger partial charge in [0, 0.05) is 19.2 Å². The van der Waals surface area contributed by atoms with Crippen LogP contribution in [0, 0.1) is 5.92 Å². The number of hydrogen-bond acceptors (Lipinski definition) is 7. The minimum Gasteiger partial charge on any atom is -0.464 e. The van der Waals surface area contributed by atoms with Crippen LogP contribution in [0.2, 0.25) is 0 Å². The Kier molecular flexibility index (Phi) is 9.50. The highest BCUT2D eigenvalue weighted by Gasteiger charge is 2.29. The van der Waals surface area contributed by atoms with Crippen LogP contribution in [-0.2, 0) is 32.5 Å². The van der Waals surface area contributed by atoms with Gasteiger partial charge in [0.1, 0.15) is 23.5 Å². The fourth-order valence-electron chi connectivity index (χ4n) is 3.68. The Balaban J connectivity index is 2.23. The third-order valence-corrected chi connectivity index (χ3v) is 5.26. The molecule has 35 heavy (non-hydrogen) atoms. The number of esters is 1. The Hall–Kier alpha value is -3.30. The Morgan fingerprint density at radius 1 is 1.14 bits per heavy atom. The number of aryl methyl sites for hydroxylation is 2. The van der Waals surface area contributed by atoms with Crippen molar-refractivity contribution in [3.63, 3.8) is 0 Å². The van der Waals surface area contributed by atoms with Crippen molar-refractivity contribution in [1.82, 2.24) is 20.2 Å². The van der Waals surface area contributed by atoms with Crippen molar-refractivity contribution >= 4 is 34.7 Å². The van der Waals surface area contributed by atoms with E-state index in [1.165, 1.54) is 0 Å². The number of nitrogens with zero attached hydrogens (tertiary/aromatic N) is 2. The first-order valence-electron chi connectivity index (χ1n) is 12.0. The lowest BCUT2D eigenvalue weighted by Crippen LogP contribution is -2.53. The van der Waals surface area contributed by atoms with Crippen LogP contribution in [0.4, 0.5) is 10.5 Å². The van der Waals surface area contributed by atoms with E-state index in [0.29, 0.717) is 18.5 Å². The lowest BCUT2D eigenvalue weighted by molar-refractivity contribution is -0.148. The highest BCUT2D eigenvalue weighted by Crippen LogP contribution is 2.19. The van der Waals surface area contributed by atoms with E-state index in [4.69, 9.17) is 15.2 Å². The number of rotatable bonds is 10. The predicted octanol–water partition coefficient (Wildman–Crippen LogP) is 3.08. The van der Waals surface area contributed by atoms with Crippen LogP contribution in [0.1, 0.15) is 60.2 Å². The van der Waals surface area contributed by atoms with Crippen molar-refractivity contribution in [1.29, 1.82) is 0 Å². The molecule has 4 N–H and O–H groups in total. The molecule has 1 heterocycles. The molecule has 0 aliphatic rings. The summed E-state index contributed by atoms with van der Waals surface area (Å²) in [5.41, 5.74) is 7.42. The average Bonchev–Trinajstić information content (AvgIpc) is 3.03. The molecule has 2 amide bonds. The maximum absolute atomic E-state index is 13.2. The van der Waals surface area contributed by atoms with E-state index in [2.05, 4.69) is 15.6 Å². The molecule has 0 aliphatic carbocycles. The molecular weight excluding hydrogens is 450 g/mol. The van der Waals surface area contributed by atoms with Gasteiger partial charge in [-0.15, -0.1) is 0 Å². The summed E-state index contributed by atoms with van der Waals surface area (Å²) in [7, 11) is 1.89. The number of hydrogen-bond donors (Lipinski definition) is 3. The molecule has 0 radical (unpaired) electrons. The second-order valence-electron chi connectivity index (χ2n) is 10.0. The van der Waals surface area contributed by atoms with Gasteiger partial charge in [-0.05, 0) is 64.7 Å². The molecule has 10 heteroatoms. The number of nitrogen functional groups attached to an aromatic ring is 1. The van der Waals surface area contributed by atoms with Crippen LogP contribution in [0.5, 0.6) is 0 Å². The van der Waals surface area contributed by atoms with Crippen molar-refractivity contribution in [3.05, 3.63) is 24.0 Å². The number of imidazole rings is 1. The number of alkyl carbamates (subject to hydrolysis) is 1. The Labute approximate surface area is 206 Å². The molecule has 2 atom stereocenters. The quantitative estimate of drug-likeness (QED) is 0.344. The van der Waals surface area contributed by atoms with E-state index in [0.717, 1.165) is 16.9 Å². The number of nitrogens with one attached hydrogen (secondary N) is 2. The fourth-order valence-corrected chi connectivity index (χ4v) is 3.68. The standard InChI is InChI=1S/C25H39N5O5/c1-8-34-23(32)19(13-15(2)3)28-22(31)17(29-24(33)35-25(4,5)6)10-12-21-27-18-14-16(26)9-11-20(18)30(21)7/h9,11,14-15,17,19H,8,10,12-13,26H2,1-7H3,(H,28,31)(H,29,33)/t17-,19-/m0/s1. The van der Waals surface area contributed by atoms with Crippen molar-refractivity contribution in [2.24, 2.45) is 13.0 Å². The maximum atomic E-state index is 13.2. The van der Waals surface area contributed by atoms with Crippen LogP contribution in [0.3, 0.4) is 0 Å². The van der Waals surface area contributed by atoms with Crippen molar-refractivity contribution in [2.45, 2.75) is 78.5 Å². The second kappa shape index (κ2) is 11.9. The number of benzene rings is 1. The number of fused-ring (bicyclic) bond motifs is 1. The minimum absolute atomic E-state index is 0.148. The van der Waals surface area contributed by atoms with Gasteiger partial charge in [-0.3, -0.25) is 4.79 Å². The number of ether oxygens (including phenoxy) is 2. The monoisotopic (exact) mass is 489 g/mol. The zero-order valence-electron chi connectivity index (χ0n) is 21.8. The first-order valence-corrected chi connectivity index (χ1v) is 12.0. The normalized spacial score (nSPS) is 13.4. The molecule has 0 aliphatic heterocycles. The van der Waals surface area contributed by atoms with E-state index in [1.807, 2.05) is 31.5 Å². The number of carbonyl (C=O) groups excluding carboxylic acids is 3. The lowest BCUT2D eigenvalue weighted by Gasteiger charge is -2.25. The summed E-state index contributed by atoms with van der Waals surface area (Å²) in [5, 5.41) is 5.41. The summed E-state index contributed by atoms with van der Waals surface area (Å²) >= 11 is 0. The Morgan fingerprint density at radius 2 is 1.83 bits per heavy atom. The molecule has 1 aromatic carbocycles. The van der Waals surface area contributed by atoms with Crippen molar-refractivity contribution in [3.8, 4) is 0 Å². The zero-order chi connectivity index (χ0) is 26.3. The zero-order valence-corrected chi connectivity index (χ0v) is 21.8. The third-order valence-electron chi connectivity index (χ3n) is 5.26. The van der Waals surface area contributed by atoms with Crippen molar-refractivity contribution < 1.29 is 23.9 Å². The minimum atomic E-state index is -0.946. The lowest BCUT2D eigenvalue weighted by atomic mass is 10.0. The highest BCUT2D eigenvalue weighted by atomic mass is 16.6. The van der Waals surface area contributed by atoms with E-state index in [9.17, 15) is 14.4 Å². The van der Waals surface area contributed by atoms with Gasteiger partial charge in [0.15, 0.2) is 0 Å². The molecule has 0 saturated heterocycles. The molecule has 194 valence electrons. The average molecular weight is 490 g/mol. The number of anilines is 1. The highest BCUT2D eigenvalue weighted by molar-refractivity contribution is 5.89. The van der Waals surface area contributed by atoms with Gasteiger partial charge in [-0.1, -0.05) is 13.8 Å². The van der Waals surface area contributed by atoms with Gasteiger partial charge in [-0.25, -0.2) is 14.6 Å². The molecule has 0 fully saturated rings. The summed E-state index contributed by atoms with van der Waals surface area (Å²) < 4.78 is 12.4. The Bertz CT molecular complexity index is 1040. The van der Waals surface area contributed by atoms with Gasteiger partial charge >= 0.3 is 12.1 Å². The van der Waals surface area contributed by atoms with E-state index in [-0.39, 0.29) is 18.9 Å². The molecule has 0 unspecified atom stereocenters. The smallest absolute Gasteiger partial charge is 0.408 e. The van der Waals surface area contributed by atoms with Gasteiger partial charge in [0.2, 0.25) is 5.91 Å². The molecule has 0 bridgehead atoms. The molecule has 1 aromatic heterocycles. The first kappa shape index (κ1) is 27.9. The fraction of sp³-hybridized carbons (Fsp3) is 0.600. The number of carbonyl (C=O) groups is 3. The van der Waals surface area contributed by atoms with Crippen LogP contribution >= 0.6 is 0 Å². The molecule has 2 aromatic rings. The molecular formula is C25H39N5O5. The van der Waals surface area contributed by atoms with Gasteiger partial charge in [-0.2, -0.15) is 0 Å². The third kappa shape index (κ3) is 8.45. The molecule has 2 rings (SSSR count). The summed E-state index contributed by atoms with van der Waals surface area (Å²) in [5.74, 6) is -0.107. The largest absolute Gasteiger partial charge is 0.464 e. The molecule has 10 nitrogen and oxygen atoms in total. The topological polar surface area (TPSA) is 138 Å². The number of nitrogens with two attached hydrogens (primary N) is 1. The summed E-state index contributed by atoms with van der Waals surface area (Å²) in [6, 6.07) is 3.72. The first-order chi connectivity index (χ1) is 16.3. The van der Waals surface area contributed by atoms with Gasteiger partial charge < -0.3 is 30.4 Å². The van der Waals surface area contributed by atoms with Gasteiger partial charge in [0.05, 0.1) is 17.6 Å². The van der Waals surface area contributed by atoms with E-state index >= 15 is 0 Å².